The van der Waals surface area contributed by atoms with Crippen molar-refractivity contribution in [3.8, 4) is 5.75 Å². The first-order valence-electron chi connectivity index (χ1n) is 9.19. The normalized spacial score (nSPS) is 15.9. The Morgan fingerprint density at radius 2 is 1.92 bits per heavy atom. The van der Waals surface area contributed by atoms with Crippen molar-refractivity contribution in [2.75, 3.05) is 64.9 Å². The van der Waals surface area contributed by atoms with E-state index < -0.39 is 0 Å². The Balaban J connectivity index is 1.74. The van der Waals surface area contributed by atoms with Gasteiger partial charge in [0.1, 0.15) is 12.4 Å². The lowest BCUT2D eigenvalue weighted by molar-refractivity contribution is -0.116. The monoisotopic (exact) mass is 349 g/mol. The van der Waals surface area contributed by atoms with Gasteiger partial charge in [0.25, 0.3) is 0 Å². The number of ether oxygens (including phenoxy) is 2. The van der Waals surface area contributed by atoms with Gasteiger partial charge in [0, 0.05) is 52.4 Å². The van der Waals surface area contributed by atoms with Gasteiger partial charge in [-0.15, -0.1) is 0 Å². The first-order chi connectivity index (χ1) is 12.2. The van der Waals surface area contributed by atoms with Gasteiger partial charge in [-0.05, 0) is 32.5 Å². The first kappa shape index (κ1) is 19.7. The molecule has 0 atom stereocenters. The van der Waals surface area contributed by atoms with E-state index in [0.29, 0.717) is 26.2 Å². The second-order valence-electron chi connectivity index (χ2n) is 6.34. The molecule has 1 aliphatic rings. The van der Waals surface area contributed by atoms with Crippen LogP contribution in [0.1, 0.15) is 19.8 Å². The highest BCUT2D eigenvalue weighted by Gasteiger charge is 2.14. The Morgan fingerprint density at radius 1 is 1.16 bits per heavy atom. The second kappa shape index (κ2) is 11.1. The molecule has 1 heterocycles. The fraction of sp³-hybridized carbons (Fsp3) is 0.632. The summed E-state index contributed by atoms with van der Waals surface area (Å²) in [6, 6.07) is 7.62. The molecule has 0 unspecified atom stereocenters. The van der Waals surface area contributed by atoms with Crippen molar-refractivity contribution < 1.29 is 14.3 Å². The van der Waals surface area contributed by atoms with Gasteiger partial charge in [0.15, 0.2) is 0 Å². The molecule has 1 fully saturated rings. The number of nitrogens with one attached hydrogen (secondary N) is 1. The minimum absolute atomic E-state index is 0.00480. The number of carbonyl (C=O) groups is 1. The number of rotatable bonds is 10. The van der Waals surface area contributed by atoms with E-state index in [1.165, 1.54) is 0 Å². The Kier molecular flexibility index (Phi) is 8.72. The minimum atomic E-state index is -0.00480. The van der Waals surface area contributed by atoms with E-state index in [1.807, 2.05) is 31.2 Å². The van der Waals surface area contributed by atoms with Crippen molar-refractivity contribution in [1.82, 2.24) is 9.80 Å². The lowest BCUT2D eigenvalue weighted by Crippen LogP contribution is -2.45. The second-order valence-corrected chi connectivity index (χ2v) is 6.34. The maximum absolute atomic E-state index is 12.0. The van der Waals surface area contributed by atoms with Crippen LogP contribution in [0.3, 0.4) is 0 Å². The average molecular weight is 349 g/mol. The van der Waals surface area contributed by atoms with Crippen molar-refractivity contribution in [2.24, 2.45) is 0 Å². The van der Waals surface area contributed by atoms with E-state index in [-0.39, 0.29) is 5.91 Å². The fourth-order valence-corrected chi connectivity index (χ4v) is 2.74. The Hall–Kier alpha value is -1.63. The van der Waals surface area contributed by atoms with Crippen molar-refractivity contribution in [3.63, 3.8) is 0 Å². The summed E-state index contributed by atoms with van der Waals surface area (Å²) in [4.78, 5) is 16.8. The highest BCUT2D eigenvalue weighted by molar-refractivity contribution is 5.92. The zero-order valence-corrected chi connectivity index (χ0v) is 15.5. The summed E-state index contributed by atoms with van der Waals surface area (Å²) in [6.45, 7) is 9.17. The van der Waals surface area contributed by atoms with E-state index in [1.54, 1.807) is 0 Å². The zero-order chi connectivity index (χ0) is 17.9. The summed E-state index contributed by atoms with van der Waals surface area (Å²) in [6.07, 6.45) is 1.18. The molecule has 1 amide bonds. The van der Waals surface area contributed by atoms with Crippen LogP contribution in [0, 0.1) is 0 Å². The summed E-state index contributed by atoms with van der Waals surface area (Å²) in [5.41, 5.74) is 0.738. The summed E-state index contributed by atoms with van der Waals surface area (Å²) in [7, 11) is 2.15. The molecule has 0 radical (unpaired) electrons. The summed E-state index contributed by atoms with van der Waals surface area (Å²) in [5.74, 6) is 0.726. The molecule has 1 aliphatic heterocycles. The first-order valence-corrected chi connectivity index (χ1v) is 9.19. The Morgan fingerprint density at radius 3 is 2.68 bits per heavy atom. The number of hydrogen-bond acceptors (Lipinski definition) is 5. The molecular weight excluding hydrogens is 318 g/mol. The van der Waals surface area contributed by atoms with E-state index in [9.17, 15) is 4.79 Å². The maximum Gasteiger partial charge on any atom is 0.224 e. The predicted octanol–water partition coefficient (Wildman–Crippen LogP) is 2.07. The predicted molar refractivity (Wildman–Crippen MR) is 100 cm³/mol. The van der Waals surface area contributed by atoms with Crippen LogP contribution in [0.5, 0.6) is 5.75 Å². The molecule has 0 aromatic heterocycles. The molecule has 1 N–H and O–H groups in total. The summed E-state index contributed by atoms with van der Waals surface area (Å²) in [5, 5.41) is 2.94. The Labute approximate surface area is 151 Å². The van der Waals surface area contributed by atoms with Crippen LogP contribution in [-0.4, -0.2) is 75.3 Å². The van der Waals surface area contributed by atoms with Crippen molar-refractivity contribution in [2.45, 2.75) is 19.8 Å². The quantitative estimate of drug-likeness (QED) is 0.656. The molecule has 0 aliphatic carbocycles. The van der Waals surface area contributed by atoms with Crippen LogP contribution >= 0.6 is 0 Å². The molecule has 2 rings (SSSR count). The van der Waals surface area contributed by atoms with Crippen molar-refractivity contribution in [1.29, 1.82) is 0 Å². The van der Waals surface area contributed by atoms with Gasteiger partial charge >= 0.3 is 0 Å². The van der Waals surface area contributed by atoms with Crippen LogP contribution in [0.25, 0.3) is 0 Å². The van der Waals surface area contributed by atoms with Gasteiger partial charge in [-0.25, -0.2) is 0 Å². The molecule has 1 saturated heterocycles. The largest absolute Gasteiger partial charge is 0.490 e. The van der Waals surface area contributed by atoms with Gasteiger partial charge in [0.2, 0.25) is 5.91 Å². The van der Waals surface area contributed by atoms with E-state index >= 15 is 0 Å². The number of amides is 1. The molecule has 6 nitrogen and oxygen atoms in total. The standard InChI is InChI=1S/C19H31N3O3/c1-3-24-15-6-9-19(23)20-17-7-4-5-8-18(17)25-16-14-22-12-10-21(2)11-13-22/h4-5,7-8H,3,6,9-16H2,1-2H3,(H,20,23). The molecule has 140 valence electrons. The molecule has 25 heavy (non-hydrogen) atoms. The van der Waals surface area contributed by atoms with Crippen LogP contribution < -0.4 is 10.1 Å². The smallest absolute Gasteiger partial charge is 0.224 e. The molecule has 0 saturated carbocycles. The molecule has 6 heteroatoms. The number of benzene rings is 1. The highest BCUT2D eigenvalue weighted by atomic mass is 16.5. The molecule has 0 bridgehead atoms. The van der Waals surface area contributed by atoms with Gasteiger partial charge in [-0.1, -0.05) is 12.1 Å². The van der Waals surface area contributed by atoms with Crippen LogP contribution in [0.4, 0.5) is 5.69 Å². The number of anilines is 1. The average Bonchev–Trinajstić information content (AvgIpc) is 2.62. The fourth-order valence-electron chi connectivity index (χ4n) is 2.74. The van der Waals surface area contributed by atoms with Crippen LogP contribution in [0.15, 0.2) is 24.3 Å². The number of piperazine rings is 1. The third kappa shape index (κ3) is 7.42. The van der Waals surface area contributed by atoms with E-state index in [2.05, 4.69) is 22.2 Å². The van der Waals surface area contributed by atoms with Gasteiger partial charge < -0.3 is 19.7 Å². The Bertz CT molecular complexity index is 516. The number of carbonyl (C=O) groups excluding carboxylic acids is 1. The number of hydrogen-bond donors (Lipinski definition) is 1. The SMILES string of the molecule is CCOCCCC(=O)Nc1ccccc1OCCN1CCN(C)CC1. The zero-order valence-electron chi connectivity index (χ0n) is 15.5. The van der Waals surface area contributed by atoms with E-state index in [0.717, 1.165) is 50.6 Å². The minimum Gasteiger partial charge on any atom is -0.490 e. The van der Waals surface area contributed by atoms with Crippen LogP contribution in [-0.2, 0) is 9.53 Å². The number of nitrogens with zero attached hydrogens (tertiary/aromatic N) is 2. The van der Waals surface area contributed by atoms with Gasteiger partial charge in [-0.3, -0.25) is 9.69 Å². The van der Waals surface area contributed by atoms with E-state index in [4.69, 9.17) is 9.47 Å². The molecule has 1 aromatic carbocycles. The van der Waals surface area contributed by atoms with Crippen molar-refractivity contribution >= 4 is 11.6 Å². The third-order valence-electron chi connectivity index (χ3n) is 4.32. The van der Waals surface area contributed by atoms with Crippen molar-refractivity contribution in [3.05, 3.63) is 24.3 Å². The summed E-state index contributed by atoms with van der Waals surface area (Å²) >= 11 is 0. The lowest BCUT2D eigenvalue weighted by atomic mass is 10.2. The molecule has 1 aromatic rings. The molecular formula is C19H31N3O3. The third-order valence-corrected chi connectivity index (χ3v) is 4.32. The maximum atomic E-state index is 12.0. The van der Waals surface area contributed by atoms with Gasteiger partial charge in [-0.2, -0.15) is 0 Å². The lowest BCUT2D eigenvalue weighted by Gasteiger charge is -2.32. The molecule has 0 spiro atoms. The highest BCUT2D eigenvalue weighted by Crippen LogP contribution is 2.24. The number of para-hydroxylation sites is 2. The van der Waals surface area contributed by atoms with Crippen LogP contribution in [0.2, 0.25) is 0 Å². The number of likely N-dealkylation sites (N-methyl/N-ethyl adjacent to an activating group) is 1. The van der Waals surface area contributed by atoms with Gasteiger partial charge in [0.05, 0.1) is 5.69 Å². The topological polar surface area (TPSA) is 54.0 Å². The summed E-state index contributed by atoms with van der Waals surface area (Å²) < 4.78 is 11.2.